The number of rotatable bonds is 1. The summed E-state index contributed by atoms with van der Waals surface area (Å²) in [7, 11) is 0. The lowest BCUT2D eigenvalue weighted by molar-refractivity contribution is -0.124. The van der Waals surface area contributed by atoms with Crippen molar-refractivity contribution in [2.75, 3.05) is 13.1 Å². The van der Waals surface area contributed by atoms with Crippen molar-refractivity contribution in [1.29, 1.82) is 0 Å². The van der Waals surface area contributed by atoms with Gasteiger partial charge in [0.15, 0.2) is 0 Å². The number of benzene rings is 1. The molecule has 0 radical (unpaired) electrons. The molecule has 1 aliphatic heterocycles. The molecule has 0 bridgehead atoms. The van der Waals surface area contributed by atoms with E-state index in [4.69, 9.17) is 11.6 Å². The first-order valence-corrected chi connectivity index (χ1v) is 5.03. The third kappa shape index (κ3) is 1.96. The molecule has 0 spiro atoms. The van der Waals surface area contributed by atoms with E-state index < -0.39 is 11.9 Å². The molecule has 1 heterocycles. The minimum Gasteiger partial charge on any atom is -0.353 e. The summed E-state index contributed by atoms with van der Waals surface area (Å²) in [6, 6.07) is 3.70. The summed E-state index contributed by atoms with van der Waals surface area (Å²) in [5.41, 5.74) is 0.219. The van der Waals surface area contributed by atoms with Crippen LogP contribution in [0.4, 0.5) is 4.39 Å². The zero-order chi connectivity index (χ0) is 10.8. The number of carbonyl (C=O) groups is 1. The molecule has 1 amide bonds. The second-order valence-corrected chi connectivity index (χ2v) is 3.72. The quantitative estimate of drug-likeness (QED) is 0.760. The number of halogens is 2. The van der Waals surface area contributed by atoms with Crippen molar-refractivity contribution in [3.63, 3.8) is 0 Å². The van der Waals surface area contributed by atoms with Crippen molar-refractivity contribution in [3.05, 3.63) is 34.6 Å². The monoisotopic (exact) mass is 228 g/mol. The summed E-state index contributed by atoms with van der Waals surface area (Å²) in [4.78, 5) is 11.5. The van der Waals surface area contributed by atoms with Crippen LogP contribution in [0, 0.1) is 5.82 Å². The number of amides is 1. The van der Waals surface area contributed by atoms with Crippen LogP contribution < -0.4 is 10.6 Å². The van der Waals surface area contributed by atoms with Gasteiger partial charge in [-0.3, -0.25) is 4.79 Å². The van der Waals surface area contributed by atoms with Gasteiger partial charge in [-0.1, -0.05) is 17.7 Å². The Morgan fingerprint density at radius 2 is 2.20 bits per heavy atom. The first-order chi connectivity index (χ1) is 7.20. The predicted molar refractivity (Wildman–Crippen MR) is 55.2 cm³/mol. The summed E-state index contributed by atoms with van der Waals surface area (Å²) >= 11 is 5.87. The Morgan fingerprint density at radius 3 is 2.87 bits per heavy atom. The van der Waals surface area contributed by atoms with Crippen LogP contribution in [0.1, 0.15) is 11.6 Å². The van der Waals surface area contributed by atoms with Gasteiger partial charge in [-0.25, -0.2) is 4.39 Å². The fourth-order valence-corrected chi connectivity index (χ4v) is 1.89. The molecule has 0 unspecified atom stereocenters. The largest absolute Gasteiger partial charge is 0.353 e. The maximum atomic E-state index is 13.5. The van der Waals surface area contributed by atoms with E-state index in [9.17, 15) is 9.18 Å². The molecule has 1 saturated heterocycles. The van der Waals surface area contributed by atoms with E-state index in [2.05, 4.69) is 10.6 Å². The first-order valence-electron chi connectivity index (χ1n) is 4.65. The molecular formula is C10H10ClFN2O. The highest BCUT2D eigenvalue weighted by atomic mass is 35.5. The number of piperazine rings is 1. The van der Waals surface area contributed by atoms with Crippen molar-refractivity contribution in [2.45, 2.75) is 6.04 Å². The van der Waals surface area contributed by atoms with Gasteiger partial charge in [-0.2, -0.15) is 0 Å². The standard InChI is InChI=1S/C10H10ClFN2O/c11-6-2-1-3-7(12)8(6)9-10(15)14-5-4-13-9/h1-3,9,13H,4-5H2,(H,14,15)/t9-/m0/s1. The third-order valence-electron chi connectivity index (χ3n) is 2.32. The molecule has 1 aromatic carbocycles. The summed E-state index contributed by atoms with van der Waals surface area (Å²) in [5.74, 6) is -0.703. The van der Waals surface area contributed by atoms with E-state index in [-0.39, 0.29) is 16.5 Å². The van der Waals surface area contributed by atoms with Gasteiger partial charge in [0.25, 0.3) is 0 Å². The van der Waals surface area contributed by atoms with Crippen LogP contribution in [0.2, 0.25) is 5.02 Å². The first kappa shape index (κ1) is 10.4. The molecular weight excluding hydrogens is 219 g/mol. The Morgan fingerprint density at radius 1 is 1.40 bits per heavy atom. The Kier molecular flexibility index (Phi) is 2.88. The number of hydrogen-bond donors (Lipinski definition) is 2. The van der Waals surface area contributed by atoms with Crippen LogP contribution in [0.3, 0.4) is 0 Å². The SMILES string of the molecule is O=C1NCCN[C@H]1c1c(F)cccc1Cl. The minimum atomic E-state index is -0.688. The highest BCUT2D eigenvalue weighted by molar-refractivity contribution is 6.31. The van der Waals surface area contributed by atoms with E-state index >= 15 is 0 Å². The molecule has 5 heteroatoms. The number of nitrogens with one attached hydrogen (secondary N) is 2. The van der Waals surface area contributed by atoms with Gasteiger partial charge in [0.1, 0.15) is 11.9 Å². The molecule has 0 aromatic heterocycles. The zero-order valence-corrected chi connectivity index (χ0v) is 8.64. The van der Waals surface area contributed by atoms with Gasteiger partial charge in [-0.15, -0.1) is 0 Å². The maximum Gasteiger partial charge on any atom is 0.241 e. The lowest BCUT2D eigenvalue weighted by Gasteiger charge is -2.24. The maximum absolute atomic E-state index is 13.5. The molecule has 1 aromatic rings. The molecule has 3 nitrogen and oxygen atoms in total. The molecule has 1 aliphatic rings. The van der Waals surface area contributed by atoms with Crippen LogP contribution in [0.15, 0.2) is 18.2 Å². The van der Waals surface area contributed by atoms with E-state index in [0.29, 0.717) is 13.1 Å². The van der Waals surface area contributed by atoms with Crippen molar-refractivity contribution < 1.29 is 9.18 Å². The molecule has 1 fully saturated rings. The number of carbonyl (C=O) groups excluding carboxylic acids is 1. The summed E-state index contributed by atoms with van der Waals surface area (Å²) in [5, 5.41) is 5.86. The van der Waals surface area contributed by atoms with E-state index in [1.807, 2.05) is 0 Å². The summed E-state index contributed by atoms with van der Waals surface area (Å²) < 4.78 is 13.5. The highest BCUT2D eigenvalue weighted by Gasteiger charge is 2.27. The molecule has 0 saturated carbocycles. The topological polar surface area (TPSA) is 41.1 Å². The lowest BCUT2D eigenvalue weighted by atomic mass is 10.0. The fraction of sp³-hybridized carbons (Fsp3) is 0.300. The van der Waals surface area contributed by atoms with Crippen molar-refractivity contribution in [1.82, 2.24) is 10.6 Å². The molecule has 15 heavy (non-hydrogen) atoms. The van der Waals surface area contributed by atoms with Gasteiger partial charge in [0.05, 0.1) is 0 Å². The smallest absolute Gasteiger partial charge is 0.241 e. The van der Waals surface area contributed by atoms with Crippen LogP contribution in [0.5, 0.6) is 0 Å². The molecule has 80 valence electrons. The predicted octanol–water partition coefficient (Wildman–Crippen LogP) is 1.24. The zero-order valence-electron chi connectivity index (χ0n) is 7.89. The van der Waals surface area contributed by atoms with Crippen molar-refractivity contribution in [3.8, 4) is 0 Å². The van der Waals surface area contributed by atoms with E-state index in [0.717, 1.165) is 0 Å². The van der Waals surface area contributed by atoms with Gasteiger partial charge < -0.3 is 10.6 Å². The Balaban J connectivity index is 2.39. The van der Waals surface area contributed by atoms with Crippen LogP contribution >= 0.6 is 11.6 Å². The van der Waals surface area contributed by atoms with Crippen LogP contribution in [-0.4, -0.2) is 19.0 Å². The van der Waals surface area contributed by atoms with Crippen molar-refractivity contribution in [2.24, 2.45) is 0 Å². The van der Waals surface area contributed by atoms with E-state index in [1.54, 1.807) is 6.07 Å². The average Bonchev–Trinajstić information content (AvgIpc) is 2.20. The summed E-state index contributed by atoms with van der Waals surface area (Å²) in [6.45, 7) is 1.17. The van der Waals surface area contributed by atoms with Gasteiger partial charge in [0.2, 0.25) is 5.91 Å². The molecule has 0 aliphatic carbocycles. The Bertz CT molecular complexity index is 377. The highest BCUT2D eigenvalue weighted by Crippen LogP contribution is 2.26. The van der Waals surface area contributed by atoms with Gasteiger partial charge >= 0.3 is 0 Å². The lowest BCUT2D eigenvalue weighted by Crippen LogP contribution is -2.47. The van der Waals surface area contributed by atoms with Gasteiger partial charge in [-0.05, 0) is 12.1 Å². The summed E-state index contributed by atoms with van der Waals surface area (Å²) in [6.07, 6.45) is 0. The normalized spacial score (nSPS) is 21.2. The van der Waals surface area contributed by atoms with E-state index in [1.165, 1.54) is 12.1 Å². The number of hydrogen-bond acceptors (Lipinski definition) is 2. The van der Waals surface area contributed by atoms with Crippen molar-refractivity contribution >= 4 is 17.5 Å². The second-order valence-electron chi connectivity index (χ2n) is 3.31. The van der Waals surface area contributed by atoms with Crippen LogP contribution in [-0.2, 0) is 4.79 Å². The molecule has 2 N–H and O–H groups in total. The molecule has 1 atom stereocenters. The minimum absolute atomic E-state index is 0.219. The second kappa shape index (κ2) is 4.16. The Labute approximate surface area is 91.6 Å². The fourth-order valence-electron chi connectivity index (χ4n) is 1.62. The van der Waals surface area contributed by atoms with Gasteiger partial charge in [0, 0.05) is 23.7 Å². The van der Waals surface area contributed by atoms with Crippen LogP contribution in [0.25, 0.3) is 0 Å². The third-order valence-corrected chi connectivity index (χ3v) is 2.65. The Hall–Kier alpha value is -1.13. The molecule has 2 rings (SSSR count). The average molecular weight is 229 g/mol.